The van der Waals surface area contributed by atoms with Crippen molar-refractivity contribution >= 4 is 11.8 Å². The first-order valence-corrected chi connectivity index (χ1v) is 5.85. The van der Waals surface area contributed by atoms with Crippen LogP contribution in [0, 0.1) is 17.8 Å². The van der Waals surface area contributed by atoms with E-state index in [1.54, 1.807) is 0 Å². The Bertz CT molecular complexity index is 130. The van der Waals surface area contributed by atoms with Crippen LogP contribution in [0.15, 0.2) is 0 Å². The smallest absolute Gasteiger partial charge is 0.00361 e. The molecule has 1 saturated heterocycles. The highest BCUT2D eigenvalue weighted by Crippen LogP contribution is 2.44. The highest BCUT2D eigenvalue weighted by Gasteiger charge is 2.36. The van der Waals surface area contributed by atoms with E-state index in [4.69, 9.17) is 5.73 Å². The molecular weight excluding hydrogens is 154 g/mol. The summed E-state index contributed by atoms with van der Waals surface area (Å²) in [4.78, 5) is 0. The lowest BCUT2D eigenvalue weighted by molar-refractivity contribution is 0.123. The molecule has 0 aromatic rings. The van der Waals surface area contributed by atoms with Gasteiger partial charge in [-0.2, -0.15) is 11.8 Å². The van der Waals surface area contributed by atoms with Gasteiger partial charge in [-0.25, -0.2) is 0 Å². The number of thioether (sulfide) groups is 1. The molecule has 0 aromatic heterocycles. The van der Waals surface area contributed by atoms with Crippen LogP contribution in [0.1, 0.15) is 19.3 Å². The zero-order valence-corrected chi connectivity index (χ0v) is 7.78. The second kappa shape index (κ2) is 3.36. The molecule has 1 nitrogen and oxygen atoms in total. The molecule has 3 atom stereocenters. The van der Waals surface area contributed by atoms with Gasteiger partial charge in [-0.05, 0) is 55.1 Å². The molecule has 11 heavy (non-hydrogen) atoms. The fourth-order valence-corrected chi connectivity index (χ4v) is 3.75. The molecule has 1 saturated carbocycles. The highest BCUT2D eigenvalue weighted by molar-refractivity contribution is 7.99. The Morgan fingerprint density at radius 1 is 1.27 bits per heavy atom. The molecule has 0 bridgehead atoms. The lowest BCUT2D eigenvalue weighted by Crippen LogP contribution is -2.37. The molecule has 0 spiro atoms. The van der Waals surface area contributed by atoms with E-state index >= 15 is 0 Å². The van der Waals surface area contributed by atoms with Gasteiger partial charge in [-0.15, -0.1) is 0 Å². The Morgan fingerprint density at radius 3 is 2.64 bits per heavy atom. The standard InChI is InChI=1S/C9H17NS/c10-5-7-1-2-9(7)8-3-4-11-6-8/h7-9H,1-6,10H2. The van der Waals surface area contributed by atoms with Crippen molar-refractivity contribution in [3.05, 3.63) is 0 Å². The maximum atomic E-state index is 5.69. The predicted octanol–water partition coefficient (Wildman–Crippen LogP) is 1.72. The number of hydrogen-bond donors (Lipinski definition) is 1. The summed E-state index contributed by atoms with van der Waals surface area (Å²) >= 11 is 2.13. The van der Waals surface area contributed by atoms with E-state index in [2.05, 4.69) is 11.8 Å². The fraction of sp³-hybridized carbons (Fsp3) is 1.00. The van der Waals surface area contributed by atoms with Crippen LogP contribution in [0.3, 0.4) is 0 Å². The summed E-state index contributed by atoms with van der Waals surface area (Å²) in [6, 6.07) is 0. The van der Waals surface area contributed by atoms with Gasteiger partial charge in [0.2, 0.25) is 0 Å². The molecule has 0 aromatic carbocycles. The molecule has 1 aliphatic heterocycles. The van der Waals surface area contributed by atoms with Gasteiger partial charge in [0.25, 0.3) is 0 Å². The van der Waals surface area contributed by atoms with Crippen LogP contribution in [0.2, 0.25) is 0 Å². The largest absolute Gasteiger partial charge is 0.330 e. The summed E-state index contributed by atoms with van der Waals surface area (Å²) < 4.78 is 0. The van der Waals surface area contributed by atoms with Gasteiger partial charge in [-0.3, -0.25) is 0 Å². The highest BCUT2D eigenvalue weighted by atomic mass is 32.2. The van der Waals surface area contributed by atoms with E-state index in [1.807, 2.05) is 0 Å². The number of hydrogen-bond acceptors (Lipinski definition) is 2. The molecule has 2 N–H and O–H groups in total. The van der Waals surface area contributed by atoms with Crippen molar-refractivity contribution in [1.29, 1.82) is 0 Å². The summed E-state index contributed by atoms with van der Waals surface area (Å²) in [5.74, 6) is 5.75. The van der Waals surface area contributed by atoms with Gasteiger partial charge in [-0.1, -0.05) is 0 Å². The quantitative estimate of drug-likeness (QED) is 0.684. The predicted molar refractivity (Wildman–Crippen MR) is 50.7 cm³/mol. The Labute approximate surface area is 73.1 Å². The van der Waals surface area contributed by atoms with Gasteiger partial charge in [0, 0.05) is 0 Å². The summed E-state index contributed by atoms with van der Waals surface area (Å²) in [5, 5.41) is 0. The Balaban J connectivity index is 1.84. The first kappa shape index (κ1) is 7.93. The van der Waals surface area contributed by atoms with E-state index in [9.17, 15) is 0 Å². The number of rotatable bonds is 2. The van der Waals surface area contributed by atoms with Crippen LogP contribution in [0.4, 0.5) is 0 Å². The molecule has 2 fully saturated rings. The van der Waals surface area contributed by atoms with Crippen LogP contribution in [0.5, 0.6) is 0 Å². The second-order valence-corrected chi connectivity index (χ2v) is 5.01. The van der Waals surface area contributed by atoms with Gasteiger partial charge < -0.3 is 5.73 Å². The van der Waals surface area contributed by atoms with Crippen LogP contribution in [0.25, 0.3) is 0 Å². The van der Waals surface area contributed by atoms with Gasteiger partial charge in [0.1, 0.15) is 0 Å². The SMILES string of the molecule is NCC1CCC1C1CCSC1. The summed E-state index contributed by atoms with van der Waals surface area (Å²) in [5.41, 5.74) is 5.69. The van der Waals surface area contributed by atoms with Crippen molar-refractivity contribution in [2.75, 3.05) is 18.1 Å². The zero-order valence-electron chi connectivity index (χ0n) is 6.96. The molecular formula is C9H17NS. The van der Waals surface area contributed by atoms with E-state index in [-0.39, 0.29) is 0 Å². The average molecular weight is 171 g/mol. The molecule has 3 unspecified atom stereocenters. The minimum Gasteiger partial charge on any atom is -0.330 e. The minimum atomic E-state index is 0.888. The normalized spacial score (nSPS) is 43.9. The van der Waals surface area contributed by atoms with Gasteiger partial charge in [0.15, 0.2) is 0 Å². The van der Waals surface area contributed by atoms with Crippen LogP contribution < -0.4 is 5.73 Å². The molecule has 64 valence electrons. The molecule has 1 aliphatic carbocycles. The summed E-state index contributed by atoms with van der Waals surface area (Å²) in [7, 11) is 0. The lowest BCUT2D eigenvalue weighted by Gasteiger charge is -2.39. The van der Waals surface area contributed by atoms with E-state index in [0.717, 1.165) is 24.3 Å². The number of nitrogens with two attached hydrogens (primary N) is 1. The zero-order chi connectivity index (χ0) is 7.68. The maximum Gasteiger partial charge on any atom is -0.00361 e. The van der Waals surface area contributed by atoms with Crippen LogP contribution in [-0.2, 0) is 0 Å². The second-order valence-electron chi connectivity index (χ2n) is 3.86. The van der Waals surface area contributed by atoms with Crippen molar-refractivity contribution in [3.63, 3.8) is 0 Å². The lowest BCUT2D eigenvalue weighted by atomic mass is 9.67. The third kappa shape index (κ3) is 1.43. The Kier molecular flexibility index (Phi) is 2.42. The third-order valence-electron chi connectivity index (χ3n) is 3.35. The van der Waals surface area contributed by atoms with Crippen molar-refractivity contribution in [2.24, 2.45) is 23.5 Å². The third-order valence-corrected chi connectivity index (χ3v) is 4.54. The van der Waals surface area contributed by atoms with Gasteiger partial charge in [0.05, 0.1) is 0 Å². The molecule has 2 aliphatic rings. The summed E-state index contributed by atoms with van der Waals surface area (Å²) in [6.07, 6.45) is 4.33. The topological polar surface area (TPSA) is 26.0 Å². The van der Waals surface area contributed by atoms with Crippen molar-refractivity contribution in [1.82, 2.24) is 0 Å². The van der Waals surface area contributed by atoms with Crippen molar-refractivity contribution in [2.45, 2.75) is 19.3 Å². The summed E-state index contributed by atoms with van der Waals surface area (Å²) in [6.45, 7) is 0.936. The van der Waals surface area contributed by atoms with Crippen molar-refractivity contribution in [3.8, 4) is 0 Å². The van der Waals surface area contributed by atoms with Gasteiger partial charge >= 0.3 is 0 Å². The molecule has 2 heteroatoms. The van der Waals surface area contributed by atoms with E-state index < -0.39 is 0 Å². The first-order chi connectivity index (χ1) is 5.42. The van der Waals surface area contributed by atoms with E-state index in [0.29, 0.717) is 0 Å². The molecule has 1 heterocycles. The molecule has 0 radical (unpaired) electrons. The minimum absolute atomic E-state index is 0.888. The Hall–Kier alpha value is 0.310. The van der Waals surface area contributed by atoms with E-state index in [1.165, 1.54) is 30.8 Å². The monoisotopic (exact) mass is 171 g/mol. The van der Waals surface area contributed by atoms with Crippen molar-refractivity contribution < 1.29 is 0 Å². The van der Waals surface area contributed by atoms with Crippen LogP contribution >= 0.6 is 11.8 Å². The molecule has 0 amide bonds. The maximum absolute atomic E-state index is 5.69. The fourth-order valence-electron chi connectivity index (χ4n) is 2.40. The average Bonchev–Trinajstić information content (AvgIpc) is 2.39. The molecule has 2 rings (SSSR count). The first-order valence-electron chi connectivity index (χ1n) is 4.69. The van der Waals surface area contributed by atoms with Crippen LogP contribution in [-0.4, -0.2) is 18.1 Å². The Morgan fingerprint density at radius 2 is 2.18 bits per heavy atom.